The van der Waals surface area contributed by atoms with Crippen molar-refractivity contribution in [1.29, 1.82) is 0 Å². The number of hydrogen-bond acceptors (Lipinski definition) is 3. The first-order chi connectivity index (χ1) is 10.7. The standard InChI is InChI=1S/C20H31NO2/c1-8-9-17(19(22)23-7)21-18-11-14(3)13(2)10-16(18)15(4)12-20(21,5)6/h10-11,15,17H,8-9,12H2,1-7H3. The zero-order valence-corrected chi connectivity index (χ0v) is 15.7. The van der Waals surface area contributed by atoms with Gasteiger partial charge < -0.3 is 9.64 Å². The van der Waals surface area contributed by atoms with E-state index in [1.165, 1.54) is 29.5 Å². The zero-order valence-electron chi connectivity index (χ0n) is 15.7. The summed E-state index contributed by atoms with van der Waals surface area (Å²) >= 11 is 0. The van der Waals surface area contributed by atoms with Crippen molar-refractivity contribution in [3.05, 3.63) is 28.8 Å². The highest BCUT2D eigenvalue weighted by Gasteiger charge is 2.42. The number of carbonyl (C=O) groups is 1. The molecule has 23 heavy (non-hydrogen) atoms. The van der Waals surface area contributed by atoms with E-state index in [-0.39, 0.29) is 17.6 Å². The summed E-state index contributed by atoms with van der Waals surface area (Å²) in [5.41, 5.74) is 5.10. The topological polar surface area (TPSA) is 29.5 Å². The van der Waals surface area contributed by atoms with E-state index in [2.05, 4.69) is 58.6 Å². The van der Waals surface area contributed by atoms with Crippen LogP contribution in [0.3, 0.4) is 0 Å². The molecule has 0 fully saturated rings. The molecule has 1 aromatic rings. The van der Waals surface area contributed by atoms with E-state index in [1.807, 2.05) is 0 Å². The number of rotatable bonds is 4. The minimum Gasteiger partial charge on any atom is -0.467 e. The molecule has 0 N–H and O–H groups in total. The molecule has 0 spiro atoms. The molecule has 3 nitrogen and oxygen atoms in total. The van der Waals surface area contributed by atoms with Crippen LogP contribution in [0.25, 0.3) is 0 Å². The molecule has 0 saturated heterocycles. The van der Waals surface area contributed by atoms with Crippen LogP contribution in [0.5, 0.6) is 0 Å². The number of esters is 1. The van der Waals surface area contributed by atoms with E-state index in [9.17, 15) is 4.79 Å². The van der Waals surface area contributed by atoms with E-state index in [0.717, 1.165) is 19.3 Å². The predicted octanol–water partition coefficient (Wildman–Crippen LogP) is 4.74. The molecule has 1 aliphatic rings. The Morgan fingerprint density at radius 1 is 1.35 bits per heavy atom. The number of aryl methyl sites for hydroxylation is 2. The third-order valence-corrected chi connectivity index (χ3v) is 5.24. The van der Waals surface area contributed by atoms with Gasteiger partial charge in [-0.25, -0.2) is 4.79 Å². The van der Waals surface area contributed by atoms with E-state index < -0.39 is 0 Å². The van der Waals surface area contributed by atoms with Crippen LogP contribution in [0.4, 0.5) is 5.69 Å². The van der Waals surface area contributed by atoms with Gasteiger partial charge in [0.1, 0.15) is 6.04 Å². The maximum atomic E-state index is 12.5. The van der Waals surface area contributed by atoms with Gasteiger partial charge in [0.25, 0.3) is 0 Å². The van der Waals surface area contributed by atoms with Gasteiger partial charge in [0.15, 0.2) is 0 Å². The summed E-state index contributed by atoms with van der Waals surface area (Å²) < 4.78 is 5.13. The predicted molar refractivity (Wildman–Crippen MR) is 96.2 cm³/mol. The molecule has 1 aromatic carbocycles. The summed E-state index contributed by atoms with van der Waals surface area (Å²) in [6, 6.07) is 4.35. The number of anilines is 1. The van der Waals surface area contributed by atoms with Crippen molar-refractivity contribution in [2.45, 2.75) is 78.3 Å². The number of carbonyl (C=O) groups excluding carboxylic acids is 1. The summed E-state index contributed by atoms with van der Waals surface area (Å²) in [7, 11) is 1.49. The molecule has 2 atom stereocenters. The maximum absolute atomic E-state index is 12.5. The first-order valence-corrected chi connectivity index (χ1v) is 8.71. The Hall–Kier alpha value is -1.51. The number of ether oxygens (including phenoxy) is 1. The molecule has 0 saturated carbocycles. The van der Waals surface area contributed by atoms with Crippen LogP contribution in [0.15, 0.2) is 12.1 Å². The second-order valence-electron chi connectivity index (χ2n) is 7.61. The molecule has 1 heterocycles. The monoisotopic (exact) mass is 317 g/mol. The van der Waals surface area contributed by atoms with Gasteiger partial charge in [-0.2, -0.15) is 0 Å². The highest BCUT2D eigenvalue weighted by atomic mass is 16.5. The highest BCUT2D eigenvalue weighted by molar-refractivity contribution is 5.82. The third-order valence-electron chi connectivity index (χ3n) is 5.24. The first kappa shape index (κ1) is 17.8. The molecule has 2 rings (SSSR count). The van der Waals surface area contributed by atoms with Crippen molar-refractivity contribution in [2.24, 2.45) is 0 Å². The van der Waals surface area contributed by atoms with Gasteiger partial charge in [-0.15, -0.1) is 0 Å². The van der Waals surface area contributed by atoms with Crippen LogP contribution in [0, 0.1) is 13.8 Å². The normalized spacial score (nSPS) is 20.8. The average molecular weight is 317 g/mol. The minimum atomic E-state index is -0.214. The van der Waals surface area contributed by atoms with Crippen molar-refractivity contribution < 1.29 is 9.53 Å². The second-order valence-corrected chi connectivity index (χ2v) is 7.61. The van der Waals surface area contributed by atoms with E-state index in [4.69, 9.17) is 4.74 Å². The largest absolute Gasteiger partial charge is 0.467 e. The molecule has 0 amide bonds. The molecule has 0 aromatic heterocycles. The van der Waals surface area contributed by atoms with Crippen LogP contribution < -0.4 is 4.90 Å². The minimum absolute atomic E-state index is 0.0673. The number of nitrogens with zero attached hydrogens (tertiary/aromatic N) is 1. The Bertz CT molecular complexity index is 592. The molecule has 0 aliphatic carbocycles. The van der Waals surface area contributed by atoms with E-state index in [0.29, 0.717) is 5.92 Å². The van der Waals surface area contributed by atoms with Gasteiger partial charge in [-0.3, -0.25) is 0 Å². The van der Waals surface area contributed by atoms with Gasteiger partial charge in [-0.1, -0.05) is 26.3 Å². The van der Waals surface area contributed by atoms with Gasteiger partial charge in [-0.05, 0) is 69.2 Å². The second kappa shape index (κ2) is 6.54. The van der Waals surface area contributed by atoms with Gasteiger partial charge in [0.2, 0.25) is 0 Å². The molecule has 128 valence electrons. The SMILES string of the molecule is CCCC(C(=O)OC)N1c2cc(C)c(C)cc2C(C)CC1(C)C. The van der Waals surface area contributed by atoms with Crippen LogP contribution in [-0.2, 0) is 9.53 Å². The van der Waals surface area contributed by atoms with E-state index >= 15 is 0 Å². The Balaban J connectivity index is 2.62. The molecule has 3 heteroatoms. The maximum Gasteiger partial charge on any atom is 0.328 e. The number of benzene rings is 1. The molecule has 2 unspecified atom stereocenters. The van der Waals surface area contributed by atoms with Crippen molar-refractivity contribution in [3.8, 4) is 0 Å². The van der Waals surface area contributed by atoms with Gasteiger partial charge in [0, 0.05) is 11.2 Å². The summed E-state index contributed by atoms with van der Waals surface area (Å²) in [5.74, 6) is 0.370. The molecule has 1 aliphatic heterocycles. The Morgan fingerprint density at radius 2 is 1.96 bits per heavy atom. The van der Waals surface area contributed by atoms with Crippen LogP contribution in [0.1, 0.15) is 69.6 Å². The summed E-state index contributed by atoms with van der Waals surface area (Å²) in [4.78, 5) is 14.8. The number of hydrogen-bond donors (Lipinski definition) is 0. The summed E-state index contributed by atoms with van der Waals surface area (Å²) in [6.45, 7) is 13.2. The summed E-state index contributed by atoms with van der Waals surface area (Å²) in [6.07, 6.45) is 2.82. The Labute approximate surface area is 141 Å². The Kier molecular flexibility index (Phi) is 5.07. The summed E-state index contributed by atoms with van der Waals surface area (Å²) in [5, 5.41) is 0. The zero-order chi connectivity index (χ0) is 17.4. The molecule has 0 bridgehead atoms. The van der Waals surface area contributed by atoms with Crippen LogP contribution >= 0.6 is 0 Å². The Morgan fingerprint density at radius 3 is 2.52 bits per heavy atom. The lowest BCUT2D eigenvalue weighted by molar-refractivity contribution is -0.142. The van der Waals surface area contributed by atoms with Crippen LogP contribution in [-0.4, -0.2) is 24.7 Å². The molecular formula is C20H31NO2. The third kappa shape index (κ3) is 3.24. The van der Waals surface area contributed by atoms with Crippen molar-refractivity contribution in [2.75, 3.05) is 12.0 Å². The lowest BCUT2D eigenvalue weighted by Gasteiger charge is -2.50. The molecular weight excluding hydrogens is 286 g/mol. The van der Waals surface area contributed by atoms with E-state index in [1.54, 1.807) is 0 Å². The fraction of sp³-hybridized carbons (Fsp3) is 0.650. The van der Waals surface area contributed by atoms with Crippen molar-refractivity contribution in [3.63, 3.8) is 0 Å². The number of methoxy groups -OCH3 is 1. The van der Waals surface area contributed by atoms with Crippen molar-refractivity contribution >= 4 is 11.7 Å². The molecule has 0 radical (unpaired) electrons. The smallest absolute Gasteiger partial charge is 0.328 e. The first-order valence-electron chi connectivity index (χ1n) is 8.71. The van der Waals surface area contributed by atoms with Gasteiger partial charge >= 0.3 is 5.97 Å². The highest BCUT2D eigenvalue weighted by Crippen LogP contribution is 2.46. The quantitative estimate of drug-likeness (QED) is 0.751. The fourth-order valence-electron chi connectivity index (χ4n) is 4.06. The fourth-order valence-corrected chi connectivity index (χ4v) is 4.06. The van der Waals surface area contributed by atoms with Crippen molar-refractivity contribution in [1.82, 2.24) is 0 Å². The lowest BCUT2D eigenvalue weighted by Crippen LogP contribution is -2.56. The average Bonchev–Trinajstić information content (AvgIpc) is 2.47. The lowest BCUT2D eigenvalue weighted by atomic mass is 9.78. The van der Waals surface area contributed by atoms with Crippen LogP contribution in [0.2, 0.25) is 0 Å². The van der Waals surface area contributed by atoms with Gasteiger partial charge in [0.05, 0.1) is 7.11 Å². The number of fused-ring (bicyclic) bond motifs is 1.